The molecule has 30 heavy (non-hydrogen) atoms. The molecular weight excluding hydrogens is 409 g/mol. The molecule has 9 heteroatoms. The van der Waals surface area contributed by atoms with Crippen LogP contribution in [0.1, 0.15) is 26.7 Å². The summed E-state index contributed by atoms with van der Waals surface area (Å²) in [6.45, 7) is 4.22. The van der Waals surface area contributed by atoms with Crippen LogP contribution in [0.4, 0.5) is 14.9 Å². The second-order valence-electron chi connectivity index (χ2n) is 7.84. The predicted octanol–water partition coefficient (Wildman–Crippen LogP) is 3.73. The molecule has 1 aromatic heterocycles. The predicted molar refractivity (Wildman–Crippen MR) is 112 cm³/mol. The van der Waals surface area contributed by atoms with Crippen molar-refractivity contribution < 1.29 is 22.3 Å². The van der Waals surface area contributed by atoms with E-state index in [0.29, 0.717) is 37.5 Å². The van der Waals surface area contributed by atoms with Crippen molar-refractivity contribution in [2.24, 2.45) is 5.92 Å². The number of piperidine rings is 1. The van der Waals surface area contributed by atoms with Crippen molar-refractivity contribution in [1.82, 2.24) is 9.88 Å². The molecule has 0 unspecified atom stereocenters. The number of hydrogen-bond acceptors (Lipinski definition) is 5. The summed E-state index contributed by atoms with van der Waals surface area (Å²) in [5.74, 6) is -0.278. The van der Waals surface area contributed by atoms with Gasteiger partial charge < -0.3 is 15.0 Å². The lowest BCUT2D eigenvalue weighted by molar-refractivity contribution is 0.171. The van der Waals surface area contributed by atoms with Crippen LogP contribution in [0, 0.1) is 11.7 Å². The summed E-state index contributed by atoms with van der Waals surface area (Å²) in [7, 11) is -2.22. The molecule has 162 valence electrons. The van der Waals surface area contributed by atoms with E-state index in [9.17, 15) is 17.6 Å². The van der Waals surface area contributed by atoms with Crippen LogP contribution >= 0.6 is 0 Å². The van der Waals surface area contributed by atoms with Gasteiger partial charge in [0.15, 0.2) is 9.84 Å². The van der Waals surface area contributed by atoms with Gasteiger partial charge in [-0.1, -0.05) is 6.07 Å². The normalized spacial score (nSPS) is 15.7. The van der Waals surface area contributed by atoms with Gasteiger partial charge in [0.25, 0.3) is 0 Å². The lowest BCUT2D eigenvalue weighted by atomic mass is 9.86. The molecule has 0 aliphatic carbocycles. The Hall–Kier alpha value is -2.68. The van der Waals surface area contributed by atoms with Gasteiger partial charge >= 0.3 is 6.03 Å². The van der Waals surface area contributed by atoms with E-state index >= 15 is 0 Å². The number of pyridine rings is 1. The fourth-order valence-corrected chi connectivity index (χ4v) is 5.52. The summed E-state index contributed by atoms with van der Waals surface area (Å²) >= 11 is 0. The first kappa shape index (κ1) is 22.0. The van der Waals surface area contributed by atoms with E-state index in [2.05, 4.69) is 10.3 Å². The van der Waals surface area contributed by atoms with Gasteiger partial charge in [0, 0.05) is 19.2 Å². The summed E-state index contributed by atoms with van der Waals surface area (Å²) in [6, 6.07) is 8.20. The molecule has 1 saturated heterocycles. The van der Waals surface area contributed by atoms with Crippen LogP contribution in [0.25, 0.3) is 0 Å². The quantitative estimate of drug-likeness (QED) is 0.773. The Balaban J connectivity index is 1.64. The first-order valence-corrected chi connectivity index (χ1v) is 11.2. The summed E-state index contributed by atoms with van der Waals surface area (Å²) in [5.41, 5.74) is 0.553. The smallest absolute Gasteiger partial charge is 0.321 e. The fraction of sp³-hybridized carbons (Fsp3) is 0.429. The van der Waals surface area contributed by atoms with Crippen molar-refractivity contribution >= 4 is 21.6 Å². The second-order valence-corrected chi connectivity index (χ2v) is 10.4. The van der Waals surface area contributed by atoms with Gasteiger partial charge in [-0.3, -0.25) is 0 Å². The highest BCUT2D eigenvalue weighted by atomic mass is 32.2. The Morgan fingerprint density at radius 1 is 1.23 bits per heavy atom. The Bertz CT molecular complexity index is 1000. The number of rotatable bonds is 5. The number of carbonyl (C=O) groups is 1. The monoisotopic (exact) mass is 435 g/mol. The largest absolute Gasteiger partial charge is 0.481 e. The Labute approximate surface area is 176 Å². The number of sulfone groups is 1. The number of benzene rings is 1. The van der Waals surface area contributed by atoms with Crippen LogP contribution in [0.2, 0.25) is 0 Å². The highest BCUT2D eigenvalue weighted by molar-refractivity contribution is 7.92. The molecule has 2 aromatic rings. The number of amides is 2. The maximum atomic E-state index is 13.6. The Morgan fingerprint density at radius 2 is 1.93 bits per heavy atom. The Kier molecular flexibility index (Phi) is 6.30. The minimum atomic E-state index is -3.73. The van der Waals surface area contributed by atoms with Crippen LogP contribution < -0.4 is 10.1 Å². The molecule has 0 atom stereocenters. The number of hydrogen-bond donors (Lipinski definition) is 1. The van der Waals surface area contributed by atoms with Crippen LogP contribution in [0.3, 0.4) is 0 Å². The summed E-state index contributed by atoms with van der Waals surface area (Å²) in [4.78, 5) is 18.2. The van der Waals surface area contributed by atoms with E-state index < -0.39 is 20.4 Å². The zero-order valence-electron chi connectivity index (χ0n) is 17.3. The number of carbonyl (C=O) groups excluding carboxylic acids is 1. The van der Waals surface area contributed by atoms with Gasteiger partial charge in [-0.05, 0) is 56.9 Å². The third kappa shape index (κ3) is 4.40. The van der Waals surface area contributed by atoms with E-state index in [0.717, 1.165) is 6.07 Å². The van der Waals surface area contributed by atoms with Crippen LogP contribution in [0.15, 0.2) is 47.5 Å². The van der Waals surface area contributed by atoms with Crippen molar-refractivity contribution in [3.8, 4) is 5.88 Å². The molecule has 3 rings (SSSR count). The topological polar surface area (TPSA) is 88.6 Å². The van der Waals surface area contributed by atoms with Gasteiger partial charge in [0.2, 0.25) is 5.88 Å². The summed E-state index contributed by atoms with van der Waals surface area (Å²) < 4.78 is 43.8. The first-order valence-electron chi connectivity index (χ1n) is 9.71. The van der Waals surface area contributed by atoms with Crippen molar-refractivity contribution in [1.29, 1.82) is 0 Å². The molecule has 2 heterocycles. The van der Waals surface area contributed by atoms with Gasteiger partial charge in [-0.2, -0.15) is 0 Å². The molecular formula is C21H26FN3O4S. The molecule has 0 radical (unpaired) electrons. The number of anilines is 1. The van der Waals surface area contributed by atoms with Crippen molar-refractivity contribution in [2.45, 2.75) is 36.3 Å². The molecule has 0 saturated carbocycles. The lowest BCUT2D eigenvalue weighted by Crippen LogP contribution is -2.48. The average Bonchev–Trinajstić information content (AvgIpc) is 2.74. The Morgan fingerprint density at radius 3 is 2.50 bits per heavy atom. The zero-order valence-corrected chi connectivity index (χ0v) is 18.1. The maximum Gasteiger partial charge on any atom is 0.321 e. The van der Waals surface area contributed by atoms with Gasteiger partial charge in [-0.25, -0.2) is 22.6 Å². The molecule has 1 N–H and O–H groups in total. The molecule has 1 fully saturated rings. The lowest BCUT2D eigenvalue weighted by Gasteiger charge is -2.40. The number of likely N-dealkylation sites (tertiary alicyclic amines) is 1. The van der Waals surface area contributed by atoms with E-state index in [-0.39, 0.29) is 16.8 Å². The fourth-order valence-electron chi connectivity index (χ4n) is 3.71. The zero-order chi connectivity index (χ0) is 21.9. The van der Waals surface area contributed by atoms with Gasteiger partial charge in [0.05, 0.1) is 28.6 Å². The SMILES string of the molecule is COc1ccc(NC(=O)N2CCC(C(C)(C)S(=O)(=O)c3cccc(F)c3)CC2)cn1. The molecule has 1 aromatic carbocycles. The number of methoxy groups -OCH3 is 1. The average molecular weight is 436 g/mol. The molecule has 0 bridgehead atoms. The van der Waals surface area contributed by atoms with Crippen molar-refractivity contribution in [3.63, 3.8) is 0 Å². The van der Waals surface area contributed by atoms with E-state index in [1.54, 1.807) is 30.9 Å². The highest BCUT2D eigenvalue weighted by Crippen LogP contribution is 2.38. The van der Waals surface area contributed by atoms with Crippen molar-refractivity contribution in [2.75, 3.05) is 25.5 Å². The molecule has 0 spiro atoms. The summed E-state index contributed by atoms with van der Waals surface area (Å²) in [5, 5.41) is 2.79. The molecule has 1 aliphatic rings. The number of urea groups is 1. The van der Waals surface area contributed by atoms with E-state index in [1.165, 1.54) is 31.5 Å². The first-order chi connectivity index (χ1) is 14.1. The van der Waals surface area contributed by atoms with E-state index in [1.807, 2.05) is 0 Å². The molecule has 2 amide bonds. The third-order valence-corrected chi connectivity index (χ3v) is 8.35. The van der Waals surface area contributed by atoms with Crippen LogP contribution in [0.5, 0.6) is 5.88 Å². The molecule has 1 aliphatic heterocycles. The van der Waals surface area contributed by atoms with Crippen LogP contribution in [-0.2, 0) is 9.84 Å². The minimum absolute atomic E-state index is 0.0142. The van der Waals surface area contributed by atoms with E-state index in [4.69, 9.17) is 4.74 Å². The standard InChI is InChI=1S/C21H26FN3O4S/c1-21(2,30(27,28)18-6-4-5-16(22)13-18)15-9-11-25(12-10-15)20(26)24-17-7-8-19(29-3)23-14-17/h4-8,13-15H,9-12H2,1-3H3,(H,24,26). The second kappa shape index (κ2) is 8.59. The van der Waals surface area contributed by atoms with Gasteiger partial charge in [-0.15, -0.1) is 0 Å². The number of nitrogens with zero attached hydrogens (tertiary/aromatic N) is 2. The molecule has 7 nitrogen and oxygen atoms in total. The number of halogens is 1. The third-order valence-electron chi connectivity index (χ3n) is 5.76. The highest BCUT2D eigenvalue weighted by Gasteiger charge is 2.44. The van der Waals surface area contributed by atoms with Crippen LogP contribution in [-0.4, -0.2) is 49.3 Å². The number of aromatic nitrogens is 1. The summed E-state index contributed by atoms with van der Waals surface area (Å²) in [6.07, 6.45) is 2.59. The number of ether oxygens (including phenoxy) is 1. The van der Waals surface area contributed by atoms with Gasteiger partial charge in [0.1, 0.15) is 5.82 Å². The number of nitrogens with one attached hydrogen (secondary N) is 1. The minimum Gasteiger partial charge on any atom is -0.481 e. The maximum absolute atomic E-state index is 13.6. The van der Waals surface area contributed by atoms with Crippen molar-refractivity contribution in [3.05, 3.63) is 48.4 Å².